The van der Waals surface area contributed by atoms with Crippen LogP contribution in [0.3, 0.4) is 0 Å². The van der Waals surface area contributed by atoms with E-state index in [2.05, 4.69) is 15.6 Å². The molecule has 0 atom stereocenters. The molecule has 3 rings (SSSR count). The fourth-order valence-corrected chi connectivity index (χ4v) is 4.56. The average Bonchev–Trinajstić information content (AvgIpc) is 2.90. The van der Waals surface area contributed by atoms with E-state index >= 15 is 0 Å². The zero-order valence-electron chi connectivity index (χ0n) is 12.0. The van der Waals surface area contributed by atoms with Crippen LogP contribution in [0.2, 0.25) is 0 Å². The fraction of sp³-hybridized carbons (Fsp3) is 0.800. The van der Waals surface area contributed by atoms with Crippen LogP contribution < -0.4 is 10.2 Å². The SMILES string of the molecule is CNCc1csc(N2CCC3(CCCCC3)CC2)n1. The van der Waals surface area contributed by atoms with E-state index in [0.29, 0.717) is 5.41 Å². The van der Waals surface area contributed by atoms with Crippen LogP contribution in [-0.4, -0.2) is 25.1 Å². The van der Waals surface area contributed by atoms with Crippen LogP contribution in [0.1, 0.15) is 50.6 Å². The molecule has 0 unspecified atom stereocenters. The lowest BCUT2D eigenvalue weighted by molar-refractivity contribution is 0.144. The third-order valence-corrected chi connectivity index (χ3v) is 5.86. The first-order valence-electron chi connectivity index (χ1n) is 7.65. The minimum absolute atomic E-state index is 0.694. The van der Waals surface area contributed by atoms with Gasteiger partial charge in [-0.05, 0) is 38.1 Å². The Morgan fingerprint density at radius 3 is 2.63 bits per heavy atom. The Hall–Kier alpha value is -0.610. The standard InChI is InChI=1S/C15H25N3S/c1-16-11-13-12-19-14(17-13)18-9-7-15(8-10-18)5-3-2-4-6-15/h12,16H,2-11H2,1H3. The second-order valence-corrected chi connectivity index (χ2v) is 7.04. The summed E-state index contributed by atoms with van der Waals surface area (Å²) in [7, 11) is 1.98. The number of piperidine rings is 1. The largest absolute Gasteiger partial charge is 0.348 e. The molecule has 1 aliphatic carbocycles. The molecule has 4 heteroatoms. The quantitative estimate of drug-likeness (QED) is 0.919. The van der Waals surface area contributed by atoms with Gasteiger partial charge in [0.25, 0.3) is 0 Å². The highest BCUT2D eigenvalue weighted by Crippen LogP contribution is 2.45. The van der Waals surface area contributed by atoms with Crippen LogP contribution >= 0.6 is 11.3 Å². The van der Waals surface area contributed by atoms with Crippen LogP contribution in [0.25, 0.3) is 0 Å². The fourth-order valence-electron chi connectivity index (χ4n) is 3.68. The number of hydrogen-bond acceptors (Lipinski definition) is 4. The maximum Gasteiger partial charge on any atom is 0.185 e. The molecular formula is C15H25N3S. The van der Waals surface area contributed by atoms with E-state index in [1.807, 2.05) is 7.05 Å². The maximum absolute atomic E-state index is 4.74. The van der Waals surface area contributed by atoms with E-state index in [0.717, 1.165) is 6.54 Å². The summed E-state index contributed by atoms with van der Waals surface area (Å²) in [4.78, 5) is 7.24. The Kier molecular flexibility index (Phi) is 4.08. The topological polar surface area (TPSA) is 28.2 Å². The molecule has 106 valence electrons. The molecule has 1 N–H and O–H groups in total. The van der Waals surface area contributed by atoms with Gasteiger partial charge in [0, 0.05) is 25.0 Å². The van der Waals surface area contributed by atoms with Crippen molar-refractivity contribution < 1.29 is 0 Å². The third-order valence-electron chi connectivity index (χ3n) is 4.91. The van der Waals surface area contributed by atoms with Gasteiger partial charge in [-0.25, -0.2) is 4.98 Å². The van der Waals surface area contributed by atoms with Crippen molar-refractivity contribution >= 4 is 16.5 Å². The molecule has 0 radical (unpaired) electrons. The second-order valence-electron chi connectivity index (χ2n) is 6.20. The minimum atomic E-state index is 0.694. The van der Waals surface area contributed by atoms with Crippen molar-refractivity contribution in [1.29, 1.82) is 0 Å². The number of rotatable bonds is 3. The number of aromatic nitrogens is 1. The van der Waals surface area contributed by atoms with Crippen molar-refractivity contribution in [3.8, 4) is 0 Å². The maximum atomic E-state index is 4.74. The molecule has 0 amide bonds. The molecule has 1 saturated heterocycles. The van der Waals surface area contributed by atoms with Gasteiger partial charge < -0.3 is 10.2 Å². The van der Waals surface area contributed by atoms with Gasteiger partial charge in [0.05, 0.1) is 5.69 Å². The molecular weight excluding hydrogens is 254 g/mol. The van der Waals surface area contributed by atoms with E-state index in [1.165, 1.54) is 68.9 Å². The van der Waals surface area contributed by atoms with Crippen molar-refractivity contribution in [2.45, 2.75) is 51.5 Å². The molecule has 1 aromatic rings. The summed E-state index contributed by atoms with van der Waals surface area (Å²) in [6, 6.07) is 0. The van der Waals surface area contributed by atoms with E-state index in [9.17, 15) is 0 Å². The molecule has 19 heavy (non-hydrogen) atoms. The van der Waals surface area contributed by atoms with Gasteiger partial charge in [-0.1, -0.05) is 19.3 Å². The monoisotopic (exact) mass is 279 g/mol. The molecule has 2 heterocycles. The van der Waals surface area contributed by atoms with Gasteiger partial charge in [-0.3, -0.25) is 0 Å². The summed E-state index contributed by atoms with van der Waals surface area (Å²) in [5.74, 6) is 0. The van der Waals surface area contributed by atoms with E-state index in [1.54, 1.807) is 11.3 Å². The van der Waals surface area contributed by atoms with Crippen LogP contribution in [0, 0.1) is 5.41 Å². The number of nitrogens with one attached hydrogen (secondary N) is 1. The first-order chi connectivity index (χ1) is 9.31. The Bertz CT molecular complexity index is 399. The minimum Gasteiger partial charge on any atom is -0.348 e. The Morgan fingerprint density at radius 2 is 1.95 bits per heavy atom. The van der Waals surface area contributed by atoms with E-state index in [4.69, 9.17) is 4.98 Å². The molecule has 1 saturated carbocycles. The lowest BCUT2D eigenvalue weighted by atomic mass is 9.68. The summed E-state index contributed by atoms with van der Waals surface area (Å²) in [6.45, 7) is 3.31. The molecule has 0 bridgehead atoms. The summed E-state index contributed by atoms with van der Waals surface area (Å²) >= 11 is 1.81. The van der Waals surface area contributed by atoms with Crippen molar-refractivity contribution in [3.05, 3.63) is 11.1 Å². The summed E-state index contributed by atoms with van der Waals surface area (Å²) in [5, 5.41) is 6.60. The van der Waals surface area contributed by atoms with Crippen molar-refractivity contribution in [3.63, 3.8) is 0 Å². The molecule has 2 fully saturated rings. The van der Waals surface area contributed by atoms with Crippen LogP contribution in [0.4, 0.5) is 5.13 Å². The highest BCUT2D eigenvalue weighted by atomic mass is 32.1. The van der Waals surface area contributed by atoms with Crippen LogP contribution in [0.5, 0.6) is 0 Å². The van der Waals surface area contributed by atoms with Gasteiger partial charge in [0.1, 0.15) is 0 Å². The highest BCUT2D eigenvalue weighted by molar-refractivity contribution is 7.13. The first-order valence-corrected chi connectivity index (χ1v) is 8.53. The predicted octanol–water partition coefficient (Wildman–Crippen LogP) is 3.41. The summed E-state index contributed by atoms with van der Waals surface area (Å²) < 4.78 is 0. The number of hydrogen-bond donors (Lipinski definition) is 1. The van der Waals surface area contributed by atoms with Gasteiger partial charge >= 0.3 is 0 Å². The third kappa shape index (κ3) is 2.95. The highest BCUT2D eigenvalue weighted by Gasteiger charge is 2.35. The van der Waals surface area contributed by atoms with Crippen molar-refractivity contribution in [2.75, 3.05) is 25.0 Å². The molecule has 2 aliphatic rings. The normalized spacial score (nSPS) is 22.9. The molecule has 1 aromatic heterocycles. The summed E-state index contributed by atoms with van der Waals surface area (Å²) in [5.41, 5.74) is 1.88. The van der Waals surface area contributed by atoms with Gasteiger partial charge in [-0.15, -0.1) is 11.3 Å². The van der Waals surface area contributed by atoms with Gasteiger partial charge in [0.15, 0.2) is 5.13 Å². The lowest BCUT2D eigenvalue weighted by Crippen LogP contribution is -2.41. The first kappa shape index (κ1) is 13.4. The zero-order chi connectivity index (χ0) is 13.1. The van der Waals surface area contributed by atoms with Gasteiger partial charge in [-0.2, -0.15) is 0 Å². The van der Waals surface area contributed by atoms with Crippen molar-refractivity contribution in [1.82, 2.24) is 10.3 Å². The van der Waals surface area contributed by atoms with E-state index < -0.39 is 0 Å². The molecule has 0 aromatic carbocycles. The lowest BCUT2D eigenvalue weighted by Gasteiger charge is -2.44. The molecule has 3 nitrogen and oxygen atoms in total. The zero-order valence-corrected chi connectivity index (χ0v) is 12.8. The summed E-state index contributed by atoms with van der Waals surface area (Å²) in [6.07, 6.45) is 10.1. The molecule has 1 aliphatic heterocycles. The van der Waals surface area contributed by atoms with E-state index in [-0.39, 0.29) is 0 Å². The Morgan fingerprint density at radius 1 is 1.21 bits per heavy atom. The number of nitrogens with zero attached hydrogens (tertiary/aromatic N) is 2. The van der Waals surface area contributed by atoms with Crippen LogP contribution in [-0.2, 0) is 6.54 Å². The Labute approximate surface area is 120 Å². The average molecular weight is 279 g/mol. The number of thiazole rings is 1. The predicted molar refractivity (Wildman–Crippen MR) is 81.8 cm³/mol. The Balaban J connectivity index is 1.59. The smallest absolute Gasteiger partial charge is 0.185 e. The number of anilines is 1. The molecule has 1 spiro atoms. The van der Waals surface area contributed by atoms with Gasteiger partial charge in [0.2, 0.25) is 0 Å². The second kappa shape index (κ2) is 5.80. The van der Waals surface area contributed by atoms with Crippen LogP contribution in [0.15, 0.2) is 5.38 Å². The van der Waals surface area contributed by atoms with Crippen molar-refractivity contribution in [2.24, 2.45) is 5.41 Å².